The molecule has 0 aromatic carbocycles. The smallest absolute Gasteiger partial charge is 0.240 e. The van der Waals surface area contributed by atoms with Gasteiger partial charge >= 0.3 is 0 Å². The van der Waals surface area contributed by atoms with E-state index in [1.54, 1.807) is 0 Å². The first-order valence-corrected chi connectivity index (χ1v) is 5.80. The van der Waals surface area contributed by atoms with Gasteiger partial charge in [0.25, 0.3) is 0 Å². The zero-order chi connectivity index (χ0) is 11.2. The number of pyridine rings is 1. The van der Waals surface area contributed by atoms with Crippen LogP contribution in [-0.4, -0.2) is 4.57 Å². The predicted octanol–water partition coefficient (Wildman–Crippen LogP) is 1.08. The fourth-order valence-corrected chi connectivity index (χ4v) is 1.81. The lowest BCUT2D eigenvalue weighted by Crippen LogP contribution is -2.32. The van der Waals surface area contributed by atoms with E-state index in [1.165, 1.54) is 12.8 Å². The number of nitrogens with zero attached hydrogens (tertiary/aromatic N) is 3. The molecule has 0 aliphatic heterocycles. The first-order valence-electron chi connectivity index (χ1n) is 5.80. The molecule has 2 aromatic rings. The summed E-state index contributed by atoms with van der Waals surface area (Å²) in [6.07, 6.45) is 13.0. The molecule has 84 valence electrons. The maximum Gasteiger partial charge on any atom is 0.243 e. The lowest BCUT2D eigenvalue weighted by Gasteiger charge is -1.96. The summed E-state index contributed by atoms with van der Waals surface area (Å²) in [4.78, 5) is 0. The highest BCUT2D eigenvalue weighted by Gasteiger charge is 2.01. The zero-order valence-corrected chi connectivity index (χ0v) is 9.79. The van der Waals surface area contributed by atoms with E-state index in [-0.39, 0.29) is 0 Å². The van der Waals surface area contributed by atoms with Gasteiger partial charge in [0.15, 0.2) is 12.4 Å². The first-order chi connectivity index (χ1) is 7.84. The molecular weight excluding hydrogens is 198 g/mol. The summed E-state index contributed by atoms with van der Waals surface area (Å²) >= 11 is 0. The Labute approximate surface area is 96.6 Å². The van der Waals surface area contributed by atoms with Crippen LogP contribution in [0.2, 0.25) is 0 Å². The van der Waals surface area contributed by atoms with Crippen molar-refractivity contribution >= 4 is 0 Å². The molecule has 0 amide bonds. The Morgan fingerprint density at radius 2 is 1.81 bits per heavy atom. The summed E-state index contributed by atoms with van der Waals surface area (Å²) in [5, 5.41) is 0. The molecule has 0 fully saturated rings. The molecule has 0 bridgehead atoms. The number of unbranched alkanes of at least 4 members (excludes halogenated alkanes) is 1. The largest absolute Gasteiger partial charge is 0.243 e. The molecule has 0 unspecified atom stereocenters. The van der Waals surface area contributed by atoms with Crippen LogP contribution in [0.15, 0.2) is 49.3 Å². The first kappa shape index (κ1) is 10.9. The normalized spacial score (nSPS) is 10.6. The van der Waals surface area contributed by atoms with Gasteiger partial charge in [-0.1, -0.05) is 6.07 Å². The molecular formula is C13H19N3+2. The van der Waals surface area contributed by atoms with E-state index in [9.17, 15) is 0 Å². The van der Waals surface area contributed by atoms with Gasteiger partial charge in [-0.3, -0.25) is 0 Å². The summed E-state index contributed by atoms with van der Waals surface area (Å²) in [5.41, 5.74) is 0. The molecule has 0 saturated carbocycles. The third-order valence-corrected chi connectivity index (χ3v) is 2.68. The molecule has 16 heavy (non-hydrogen) atoms. The quantitative estimate of drug-likeness (QED) is 0.525. The molecule has 0 atom stereocenters. The number of rotatable bonds is 5. The van der Waals surface area contributed by atoms with Crippen LogP contribution in [0.4, 0.5) is 0 Å². The van der Waals surface area contributed by atoms with Gasteiger partial charge in [0.2, 0.25) is 6.33 Å². The Kier molecular flexibility index (Phi) is 3.70. The summed E-state index contributed by atoms with van der Waals surface area (Å²) < 4.78 is 6.54. The third kappa shape index (κ3) is 3.19. The number of aryl methyl sites for hydroxylation is 3. The van der Waals surface area contributed by atoms with Crippen LogP contribution < -0.4 is 9.13 Å². The van der Waals surface area contributed by atoms with E-state index in [0.717, 1.165) is 13.1 Å². The van der Waals surface area contributed by atoms with E-state index < -0.39 is 0 Å². The molecule has 0 spiro atoms. The fraction of sp³-hybridized carbons (Fsp3) is 0.385. The van der Waals surface area contributed by atoms with Crippen LogP contribution in [0.5, 0.6) is 0 Å². The van der Waals surface area contributed by atoms with Crippen LogP contribution in [0, 0.1) is 0 Å². The van der Waals surface area contributed by atoms with Gasteiger partial charge in [-0.25, -0.2) is 13.7 Å². The molecule has 0 N–H and O–H groups in total. The molecule has 2 rings (SSSR count). The Morgan fingerprint density at radius 1 is 1.00 bits per heavy atom. The second-order valence-corrected chi connectivity index (χ2v) is 4.14. The predicted molar refractivity (Wildman–Crippen MR) is 61.5 cm³/mol. The highest BCUT2D eigenvalue weighted by Crippen LogP contribution is 1.94. The lowest BCUT2D eigenvalue weighted by molar-refractivity contribution is -0.697. The minimum Gasteiger partial charge on any atom is -0.240 e. The van der Waals surface area contributed by atoms with Crippen molar-refractivity contribution < 1.29 is 9.13 Å². The topological polar surface area (TPSA) is 12.7 Å². The number of hydrogen-bond donors (Lipinski definition) is 0. The second kappa shape index (κ2) is 5.45. The molecule has 0 aliphatic rings. The van der Waals surface area contributed by atoms with Gasteiger partial charge < -0.3 is 0 Å². The van der Waals surface area contributed by atoms with E-state index in [4.69, 9.17) is 0 Å². The minimum atomic E-state index is 1.11. The highest BCUT2D eigenvalue weighted by atomic mass is 15.1. The van der Waals surface area contributed by atoms with Gasteiger partial charge in [-0.05, 0) is 6.42 Å². The van der Waals surface area contributed by atoms with Gasteiger partial charge in [-0.2, -0.15) is 0 Å². The SMILES string of the molecule is C[n+]1ccn(CCCC[n+]2ccccc2)c1. The lowest BCUT2D eigenvalue weighted by atomic mass is 10.3. The molecule has 3 heteroatoms. The summed E-state index contributed by atoms with van der Waals surface area (Å²) in [5.74, 6) is 0. The van der Waals surface area contributed by atoms with Gasteiger partial charge in [-0.15, -0.1) is 0 Å². The van der Waals surface area contributed by atoms with Crippen molar-refractivity contribution in [2.45, 2.75) is 25.9 Å². The van der Waals surface area contributed by atoms with Crippen molar-refractivity contribution in [3.8, 4) is 0 Å². The van der Waals surface area contributed by atoms with Crippen LogP contribution in [0.1, 0.15) is 12.8 Å². The molecule has 3 nitrogen and oxygen atoms in total. The van der Waals surface area contributed by atoms with E-state index in [2.05, 4.69) is 70.1 Å². The minimum absolute atomic E-state index is 1.11. The van der Waals surface area contributed by atoms with Crippen LogP contribution in [-0.2, 0) is 20.1 Å². The van der Waals surface area contributed by atoms with Crippen molar-refractivity contribution in [3.05, 3.63) is 49.3 Å². The van der Waals surface area contributed by atoms with Crippen molar-refractivity contribution in [2.24, 2.45) is 7.05 Å². The Hall–Kier alpha value is -1.64. The molecule has 0 aliphatic carbocycles. The Morgan fingerprint density at radius 3 is 2.50 bits per heavy atom. The molecule has 2 heterocycles. The summed E-state index contributed by atoms with van der Waals surface area (Å²) in [6.45, 7) is 2.21. The number of aromatic nitrogens is 3. The van der Waals surface area contributed by atoms with Crippen molar-refractivity contribution in [3.63, 3.8) is 0 Å². The van der Waals surface area contributed by atoms with Crippen molar-refractivity contribution in [2.75, 3.05) is 0 Å². The maximum atomic E-state index is 2.23. The highest BCUT2D eigenvalue weighted by molar-refractivity contribution is 4.83. The maximum absolute atomic E-state index is 2.23. The van der Waals surface area contributed by atoms with Crippen LogP contribution in [0.3, 0.4) is 0 Å². The van der Waals surface area contributed by atoms with Crippen LogP contribution >= 0.6 is 0 Å². The van der Waals surface area contributed by atoms with Gasteiger partial charge in [0, 0.05) is 18.6 Å². The van der Waals surface area contributed by atoms with Crippen molar-refractivity contribution in [1.29, 1.82) is 0 Å². The summed E-state index contributed by atoms with van der Waals surface area (Å²) in [7, 11) is 2.05. The fourth-order valence-electron chi connectivity index (χ4n) is 1.81. The van der Waals surface area contributed by atoms with Gasteiger partial charge in [0.1, 0.15) is 18.9 Å². The monoisotopic (exact) mass is 217 g/mol. The van der Waals surface area contributed by atoms with E-state index in [0.29, 0.717) is 0 Å². The second-order valence-electron chi connectivity index (χ2n) is 4.14. The van der Waals surface area contributed by atoms with Gasteiger partial charge in [0.05, 0.1) is 13.6 Å². The Bertz CT molecular complexity index is 420. The molecule has 0 radical (unpaired) electrons. The number of hydrogen-bond acceptors (Lipinski definition) is 0. The average Bonchev–Trinajstić information content (AvgIpc) is 2.72. The van der Waals surface area contributed by atoms with E-state index in [1.807, 2.05) is 0 Å². The van der Waals surface area contributed by atoms with E-state index >= 15 is 0 Å². The average molecular weight is 217 g/mol. The molecule has 2 aromatic heterocycles. The molecule has 0 saturated heterocycles. The zero-order valence-electron chi connectivity index (χ0n) is 9.79. The Balaban J connectivity index is 1.69. The number of imidazole rings is 1. The standard InChI is InChI=1S/C13H19N3/c1-14-11-12-16(13-14)10-6-5-9-15-7-3-2-4-8-15/h2-4,7-8,11-13H,5-6,9-10H2,1H3/q+2. The summed E-state index contributed by atoms with van der Waals surface area (Å²) in [6, 6.07) is 6.20. The third-order valence-electron chi connectivity index (χ3n) is 2.68. The van der Waals surface area contributed by atoms with Crippen molar-refractivity contribution in [1.82, 2.24) is 4.57 Å². The van der Waals surface area contributed by atoms with Crippen LogP contribution in [0.25, 0.3) is 0 Å².